The van der Waals surface area contributed by atoms with E-state index in [0.29, 0.717) is 38.2 Å². The van der Waals surface area contributed by atoms with Crippen molar-refractivity contribution >= 4 is 34.0 Å². The zero-order valence-corrected chi connectivity index (χ0v) is 16.6. The lowest BCUT2D eigenvalue weighted by molar-refractivity contribution is -0.121. The number of rotatable bonds is 5. The molecule has 0 radical (unpaired) electrons. The number of carbonyl (C=O) groups is 2. The maximum atomic E-state index is 13.0. The van der Waals surface area contributed by atoms with E-state index in [9.17, 15) is 14.0 Å². The molecular weight excluding hydrogens is 381 g/mol. The predicted octanol–water partition coefficient (Wildman–Crippen LogP) is 4.27. The number of anilines is 2. The van der Waals surface area contributed by atoms with E-state index in [1.165, 1.54) is 12.1 Å². The lowest BCUT2D eigenvalue weighted by Gasteiger charge is -2.30. The molecule has 0 aromatic heterocycles. The van der Waals surface area contributed by atoms with Gasteiger partial charge in [0.15, 0.2) is 0 Å². The van der Waals surface area contributed by atoms with E-state index in [1.807, 2.05) is 42.5 Å². The van der Waals surface area contributed by atoms with Crippen LogP contribution in [-0.4, -0.2) is 36.3 Å². The van der Waals surface area contributed by atoms with Crippen LogP contribution in [0.2, 0.25) is 0 Å². The molecule has 0 aliphatic carbocycles. The molecule has 4 rings (SSSR count). The van der Waals surface area contributed by atoms with Gasteiger partial charge in [-0.2, -0.15) is 0 Å². The molecule has 1 aliphatic rings. The first-order valence-electron chi connectivity index (χ1n) is 10.1. The zero-order valence-electron chi connectivity index (χ0n) is 16.6. The van der Waals surface area contributed by atoms with E-state index in [4.69, 9.17) is 0 Å². The lowest BCUT2D eigenvalue weighted by Crippen LogP contribution is -2.41. The second kappa shape index (κ2) is 9.05. The Morgan fingerprint density at radius 3 is 2.37 bits per heavy atom. The highest BCUT2D eigenvalue weighted by Gasteiger charge is 2.26. The van der Waals surface area contributed by atoms with Crippen LogP contribution in [0.5, 0.6) is 0 Å². The summed E-state index contributed by atoms with van der Waals surface area (Å²) in [5.74, 6) is -0.544. The number of likely N-dealkylation sites (tertiary alicyclic amines) is 1. The van der Waals surface area contributed by atoms with E-state index in [0.717, 1.165) is 16.5 Å². The van der Waals surface area contributed by atoms with Crippen molar-refractivity contribution < 1.29 is 14.0 Å². The van der Waals surface area contributed by atoms with E-state index in [-0.39, 0.29) is 23.5 Å². The first kappa shape index (κ1) is 20.0. The number of nitrogens with zero attached hydrogens (tertiary/aromatic N) is 1. The van der Waals surface area contributed by atoms with Gasteiger partial charge < -0.3 is 10.6 Å². The van der Waals surface area contributed by atoms with Gasteiger partial charge in [0.2, 0.25) is 11.8 Å². The van der Waals surface area contributed by atoms with Crippen molar-refractivity contribution in [1.82, 2.24) is 4.90 Å². The third-order valence-electron chi connectivity index (χ3n) is 5.50. The van der Waals surface area contributed by atoms with Crippen LogP contribution in [0, 0.1) is 11.7 Å². The van der Waals surface area contributed by atoms with E-state index < -0.39 is 0 Å². The standard InChI is InChI=1S/C24H24FN3O2/c25-19-8-10-20(11-9-19)26-24(30)18-12-14-28(15-13-18)16-23(29)27-22-7-3-5-17-4-1-2-6-21(17)22/h1-11,18H,12-16H2,(H,26,30)(H,27,29). The fourth-order valence-corrected chi connectivity index (χ4v) is 3.86. The molecule has 3 aromatic rings. The Morgan fingerprint density at radius 2 is 1.60 bits per heavy atom. The average molecular weight is 405 g/mol. The smallest absolute Gasteiger partial charge is 0.238 e. The van der Waals surface area contributed by atoms with Crippen molar-refractivity contribution in [2.24, 2.45) is 5.92 Å². The Kier molecular flexibility index (Phi) is 6.05. The van der Waals surface area contributed by atoms with Gasteiger partial charge in [0, 0.05) is 22.7 Å². The van der Waals surface area contributed by atoms with Crippen molar-refractivity contribution in [3.05, 3.63) is 72.5 Å². The molecule has 0 unspecified atom stereocenters. The number of fused-ring (bicyclic) bond motifs is 1. The second-order valence-electron chi connectivity index (χ2n) is 7.62. The van der Waals surface area contributed by atoms with Gasteiger partial charge in [0.1, 0.15) is 5.82 Å². The quantitative estimate of drug-likeness (QED) is 0.667. The fourth-order valence-electron chi connectivity index (χ4n) is 3.86. The average Bonchev–Trinajstić information content (AvgIpc) is 2.76. The van der Waals surface area contributed by atoms with E-state index in [1.54, 1.807) is 12.1 Å². The Bertz CT molecular complexity index is 1040. The molecule has 2 amide bonds. The van der Waals surface area contributed by atoms with Crippen molar-refractivity contribution in [3.63, 3.8) is 0 Å². The number of benzene rings is 3. The molecule has 2 N–H and O–H groups in total. The highest BCUT2D eigenvalue weighted by atomic mass is 19.1. The highest BCUT2D eigenvalue weighted by Crippen LogP contribution is 2.23. The number of halogens is 1. The largest absolute Gasteiger partial charge is 0.326 e. The van der Waals surface area contributed by atoms with Gasteiger partial charge in [-0.3, -0.25) is 14.5 Å². The molecule has 5 nitrogen and oxygen atoms in total. The van der Waals surface area contributed by atoms with Crippen molar-refractivity contribution in [2.75, 3.05) is 30.3 Å². The van der Waals surface area contributed by atoms with Gasteiger partial charge in [-0.1, -0.05) is 36.4 Å². The summed E-state index contributed by atoms with van der Waals surface area (Å²) < 4.78 is 13.0. The van der Waals surface area contributed by atoms with Gasteiger partial charge in [-0.15, -0.1) is 0 Å². The number of hydrogen-bond acceptors (Lipinski definition) is 3. The first-order valence-corrected chi connectivity index (χ1v) is 10.1. The van der Waals surface area contributed by atoms with E-state index in [2.05, 4.69) is 15.5 Å². The monoisotopic (exact) mass is 405 g/mol. The number of nitrogens with one attached hydrogen (secondary N) is 2. The van der Waals surface area contributed by atoms with Crippen LogP contribution in [0.3, 0.4) is 0 Å². The summed E-state index contributed by atoms with van der Waals surface area (Å²) in [5, 5.41) is 7.96. The van der Waals surface area contributed by atoms with Crippen LogP contribution in [0.25, 0.3) is 10.8 Å². The third-order valence-corrected chi connectivity index (χ3v) is 5.50. The number of piperidine rings is 1. The topological polar surface area (TPSA) is 61.4 Å². The summed E-state index contributed by atoms with van der Waals surface area (Å²) in [7, 11) is 0. The van der Waals surface area contributed by atoms with Crippen LogP contribution in [-0.2, 0) is 9.59 Å². The molecule has 0 atom stereocenters. The van der Waals surface area contributed by atoms with Crippen molar-refractivity contribution in [1.29, 1.82) is 0 Å². The minimum atomic E-state index is -0.330. The number of amides is 2. The Morgan fingerprint density at radius 1 is 0.900 bits per heavy atom. The normalized spacial score (nSPS) is 15.1. The van der Waals surface area contributed by atoms with Crippen LogP contribution >= 0.6 is 0 Å². The van der Waals surface area contributed by atoms with Gasteiger partial charge >= 0.3 is 0 Å². The molecule has 154 valence electrons. The molecule has 3 aromatic carbocycles. The molecule has 1 fully saturated rings. The predicted molar refractivity (Wildman–Crippen MR) is 117 cm³/mol. The summed E-state index contributed by atoms with van der Waals surface area (Å²) in [5.41, 5.74) is 1.41. The molecule has 0 spiro atoms. The molecule has 6 heteroatoms. The molecule has 0 saturated carbocycles. The molecule has 0 bridgehead atoms. The summed E-state index contributed by atoms with van der Waals surface area (Å²) in [6.45, 7) is 1.67. The summed E-state index contributed by atoms with van der Waals surface area (Å²) >= 11 is 0. The summed E-state index contributed by atoms with van der Waals surface area (Å²) in [4.78, 5) is 27.1. The minimum absolute atomic E-state index is 0.0542. The summed E-state index contributed by atoms with van der Waals surface area (Å²) in [6, 6.07) is 19.6. The van der Waals surface area contributed by atoms with Gasteiger partial charge in [0.25, 0.3) is 0 Å². The lowest BCUT2D eigenvalue weighted by atomic mass is 9.96. The highest BCUT2D eigenvalue weighted by molar-refractivity contribution is 6.02. The second-order valence-corrected chi connectivity index (χ2v) is 7.62. The van der Waals surface area contributed by atoms with Crippen LogP contribution in [0.4, 0.5) is 15.8 Å². The zero-order chi connectivity index (χ0) is 20.9. The fraction of sp³-hybridized carbons (Fsp3) is 0.250. The van der Waals surface area contributed by atoms with Crippen molar-refractivity contribution in [3.8, 4) is 0 Å². The summed E-state index contributed by atoms with van der Waals surface area (Å²) in [6.07, 6.45) is 1.38. The van der Waals surface area contributed by atoms with Crippen LogP contribution in [0.1, 0.15) is 12.8 Å². The first-order chi connectivity index (χ1) is 14.6. The van der Waals surface area contributed by atoms with Gasteiger partial charge in [-0.05, 0) is 61.6 Å². The number of hydrogen-bond donors (Lipinski definition) is 2. The molecule has 1 saturated heterocycles. The van der Waals surface area contributed by atoms with Crippen molar-refractivity contribution in [2.45, 2.75) is 12.8 Å². The Hall–Kier alpha value is -3.25. The Labute approximate surface area is 174 Å². The van der Waals surface area contributed by atoms with E-state index >= 15 is 0 Å². The molecule has 30 heavy (non-hydrogen) atoms. The SMILES string of the molecule is O=C(CN1CCC(C(=O)Nc2ccc(F)cc2)CC1)Nc1cccc2ccccc12. The Balaban J connectivity index is 1.27. The number of carbonyl (C=O) groups excluding carboxylic acids is 2. The minimum Gasteiger partial charge on any atom is -0.326 e. The molecule has 1 heterocycles. The van der Waals surface area contributed by atoms with Crippen LogP contribution in [0.15, 0.2) is 66.7 Å². The maximum absolute atomic E-state index is 13.0. The maximum Gasteiger partial charge on any atom is 0.238 e. The van der Waals surface area contributed by atoms with Gasteiger partial charge in [0.05, 0.1) is 6.54 Å². The molecule has 1 aliphatic heterocycles. The third kappa shape index (κ3) is 4.83. The van der Waals surface area contributed by atoms with Gasteiger partial charge in [-0.25, -0.2) is 4.39 Å². The van der Waals surface area contributed by atoms with Crippen LogP contribution < -0.4 is 10.6 Å². The molecular formula is C24H24FN3O2.